The molecule has 17 heavy (non-hydrogen) atoms. The van der Waals surface area contributed by atoms with Gasteiger partial charge in [0, 0.05) is 20.1 Å². The molecular formula is C12H24N2O3. The molecule has 2 amide bonds. The quantitative estimate of drug-likeness (QED) is 0.717. The number of hydrogen-bond acceptors (Lipinski definition) is 2. The highest BCUT2D eigenvalue weighted by Crippen LogP contribution is 2.02. The number of nitrogens with zero attached hydrogens (tertiary/aromatic N) is 1. The van der Waals surface area contributed by atoms with Gasteiger partial charge >= 0.3 is 12.0 Å². The predicted octanol–water partition coefficient (Wildman–Crippen LogP) is 1.78. The molecule has 5 nitrogen and oxygen atoms in total. The van der Waals surface area contributed by atoms with E-state index in [9.17, 15) is 9.59 Å². The lowest BCUT2D eigenvalue weighted by Crippen LogP contribution is -2.41. The van der Waals surface area contributed by atoms with Crippen molar-refractivity contribution in [3.8, 4) is 0 Å². The lowest BCUT2D eigenvalue weighted by Gasteiger charge is -2.20. The fraction of sp³-hybridized carbons (Fsp3) is 0.833. The number of nitrogens with one attached hydrogen (secondary N) is 1. The van der Waals surface area contributed by atoms with Crippen LogP contribution in [0.5, 0.6) is 0 Å². The number of carbonyl (C=O) groups is 2. The molecule has 0 fully saturated rings. The molecule has 0 rings (SSSR count). The van der Waals surface area contributed by atoms with Gasteiger partial charge in [0.15, 0.2) is 0 Å². The molecule has 0 saturated carbocycles. The number of urea groups is 1. The molecule has 1 atom stereocenters. The first kappa shape index (κ1) is 15.7. The molecule has 0 aliphatic rings. The van der Waals surface area contributed by atoms with Crippen molar-refractivity contribution in [1.82, 2.24) is 10.2 Å². The Balaban J connectivity index is 3.95. The first-order valence-electron chi connectivity index (χ1n) is 6.10. The standard InChI is InChI=1S/C12H24N2O3/c1-5-10(11(15)16)8-13-12(17)14(4)7-6-9(2)3/h9-10H,5-8H2,1-4H3,(H,13,17)(H,15,16). The Morgan fingerprint density at radius 3 is 2.35 bits per heavy atom. The third-order valence-electron chi connectivity index (χ3n) is 2.73. The minimum absolute atomic E-state index is 0.191. The number of aliphatic carboxylic acids is 1. The molecule has 0 aromatic heterocycles. The summed E-state index contributed by atoms with van der Waals surface area (Å²) in [6.45, 7) is 6.88. The molecule has 0 aliphatic carbocycles. The molecule has 0 bridgehead atoms. The fourth-order valence-electron chi connectivity index (χ4n) is 1.31. The molecule has 0 aliphatic heterocycles. The molecular weight excluding hydrogens is 220 g/mol. The van der Waals surface area contributed by atoms with Crippen LogP contribution in [0.2, 0.25) is 0 Å². The lowest BCUT2D eigenvalue weighted by atomic mass is 10.1. The van der Waals surface area contributed by atoms with Crippen LogP contribution >= 0.6 is 0 Å². The van der Waals surface area contributed by atoms with Crippen molar-refractivity contribution in [3.63, 3.8) is 0 Å². The highest BCUT2D eigenvalue weighted by molar-refractivity contribution is 5.75. The van der Waals surface area contributed by atoms with Crippen LogP contribution in [0.3, 0.4) is 0 Å². The topological polar surface area (TPSA) is 69.6 Å². The minimum atomic E-state index is -0.863. The zero-order valence-corrected chi connectivity index (χ0v) is 11.2. The summed E-state index contributed by atoms with van der Waals surface area (Å²) in [6.07, 6.45) is 1.46. The summed E-state index contributed by atoms with van der Waals surface area (Å²) >= 11 is 0. The van der Waals surface area contributed by atoms with Crippen molar-refractivity contribution < 1.29 is 14.7 Å². The van der Waals surface area contributed by atoms with Gasteiger partial charge in [-0.1, -0.05) is 20.8 Å². The van der Waals surface area contributed by atoms with Gasteiger partial charge in [0.25, 0.3) is 0 Å². The van der Waals surface area contributed by atoms with Crippen LogP contribution in [0.1, 0.15) is 33.6 Å². The normalized spacial score (nSPS) is 12.3. The highest BCUT2D eigenvalue weighted by atomic mass is 16.4. The van der Waals surface area contributed by atoms with E-state index in [2.05, 4.69) is 19.2 Å². The zero-order valence-electron chi connectivity index (χ0n) is 11.2. The van der Waals surface area contributed by atoms with Crippen LogP contribution in [-0.2, 0) is 4.79 Å². The van der Waals surface area contributed by atoms with Gasteiger partial charge in [0.2, 0.25) is 0 Å². The SMILES string of the molecule is CCC(CNC(=O)N(C)CCC(C)C)C(=O)O. The third-order valence-corrected chi connectivity index (χ3v) is 2.73. The van der Waals surface area contributed by atoms with E-state index in [4.69, 9.17) is 5.11 Å². The zero-order chi connectivity index (χ0) is 13.4. The summed E-state index contributed by atoms with van der Waals surface area (Å²) in [5, 5.41) is 11.5. The summed E-state index contributed by atoms with van der Waals surface area (Å²) in [5.74, 6) is -0.817. The molecule has 100 valence electrons. The molecule has 0 aromatic rings. The monoisotopic (exact) mass is 244 g/mol. The maximum absolute atomic E-state index is 11.6. The first-order chi connectivity index (χ1) is 7.88. The van der Waals surface area contributed by atoms with Crippen molar-refractivity contribution in [2.24, 2.45) is 11.8 Å². The molecule has 5 heteroatoms. The van der Waals surface area contributed by atoms with E-state index in [1.165, 1.54) is 0 Å². The molecule has 0 radical (unpaired) electrons. The van der Waals surface area contributed by atoms with Gasteiger partial charge in [-0.3, -0.25) is 4.79 Å². The third kappa shape index (κ3) is 6.81. The van der Waals surface area contributed by atoms with Crippen molar-refractivity contribution in [2.45, 2.75) is 33.6 Å². The highest BCUT2D eigenvalue weighted by Gasteiger charge is 2.17. The van der Waals surface area contributed by atoms with E-state index >= 15 is 0 Å². The second kappa shape index (κ2) is 7.92. The molecule has 0 saturated heterocycles. The van der Waals surface area contributed by atoms with Crippen molar-refractivity contribution in [3.05, 3.63) is 0 Å². The fourth-order valence-corrected chi connectivity index (χ4v) is 1.31. The lowest BCUT2D eigenvalue weighted by molar-refractivity contribution is -0.141. The van der Waals surface area contributed by atoms with E-state index in [-0.39, 0.29) is 12.6 Å². The summed E-state index contributed by atoms with van der Waals surface area (Å²) in [7, 11) is 1.72. The summed E-state index contributed by atoms with van der Waals surface area (Å²) < 4.78 is 0. The molecule has 0 heterocycles. The predicted molar refractivity (Wildman–Crippen MR) is 66.9 cm³/mol. The Kier molecular flexibility index (Phi) is 7.34. The van der Waals surface area contributed by atoms with E-state index in [0.717, 1.165) is 6.42 Å². The Labute approximate surface area is 103 Å². The van der Waals surface area contributed by atoms with Crippen LogP contribution in [0, 0.1) is 11.8 Å². The van der Waals surface area contributed by atoms with Gasteiger partial charge in [-0.15, -0.1) is 0 Å². The number of rotatable bonds is 7. The average Bonchev–Trinajstić information content (AvgIpc) is 2.25. The van der Waals surface area contributed by atoms with Gasteiger partial charge in [0.1, 0.15) is 0 Å². The molecule has 2 N–H and O–H groups in total. The van der Waals surface area contributed by atoms with Crippen LogP contribution in [0.15, 0.2) is 0 Å². The number of carboxylic acids is 1. The van der Waals surface area contributed by atoms with Crippen molar-refractivity contribution in [2.75, 3.05) is 20.1 Å². The Bertz CT molecular complexity index is 254. The van der Waals surface area contributed by atoms with Crippen LogP contribution in [-0.4, -0.2) is 42.1 Å². The van der Waals surface area contributed by atoms with Crippen LogP contribution < -0.4 is 5.32 Å². The van der Waals surface area contributed by atoms with Crippen molar-refractivity contribution in [1.29, 1.82) is 0 Å². The van der Waals surface area contributed by atoms with E-state index in [0.29, 0.717) is 18.9 Å². The summed E-state index contributed by atoms with van der Waals surface area (Å²) in [4.78, 5) is 24.0. The molecule has 0 aromatic carbocycles. The maximum atomic E-state index is 11.6. The number of amides is 2. The summed E-state index contributed by atoms with van der Waals surface area (Å²) in [6, 6.07) is -0.203. The minimum Gasteiger partial charge on any atom is -0.481 e. The van der Waals surface area contributed by atoms with Gasteiger partial charge in [-0.05, 0) is 18.8 Å². The Morgan fingerprint density at radius 1 is 1.35 bits per heavy atom. The first-order valence-corrected chi connectivity index (χ1v) is 6.10. The smallest absolute Gasteiger partial charge is 0.317 e. The van der Waals surface area contributed by atoms with E-state index in [1.54, 1.807) is 18.9 Å². The second-order valence-electron chi connectivity index (χ2n) is 4.73. The maximum Gasteiger partial charge on any atom is 0.317 e. The average molecular weight is 244 g/mol. The van der Waals surface area contributed by atoms with Crippen LogP contribution in [0.4, 0.5) is 4.79 Å². The van der Waals surface area contributed by atoms with Crippen molar-refractivity contribution >= 4 is 12.0 Å². The van der Waals surface area contributed by atoms with Gasteiger partial charge < -0.3 is 15.3 Å². The Morgan fingerprint density at radius 2 is 1.94 bits per heavy atom. The Hall–Kier alpha value is -1.26. The van der Waals surface area contributed by atoms with Gasteiger partial charge in [-0.25, -0.2) is 4.79 Å². The van der Waals surface area contributed by atoms with E-state index in [1.807, 2.05) is 0 Å². The van der Waals surface area contributed by atoms with Gasteiger partial charge in [-0.2, -0.15) is 0 Å². The number of carboxylic acid groups (broad SMARTS) is 1. The number of hydrogen-bond donors (Lipinski definition) is 2. The largest absolute Gasteiger partial charge is 0.481 e. The number of carbonyl (C=O) groups excluding carboxylic acids is 1. The summed E-state index contributed by atoms with van der Waals surface area (Å²) in [5.41, 5.74) is 0. The molecule has 0 spiro atoms. The van der Waals surface area contributed by atoms with Crippen LogP contribution in [0.25, 0.3) is 0 Å². The molecule has 1 unspecified atom stereocenters. The van der Waals surface area contributed by atoms with E-state index < -0.39 is 11.9 Å². The van der Waals surface area contributed by atoms with Gasteiger partial charge in [0.05, 0.1) is 5.92 Å². The second-order valence-corrected chi connectivity index (χ2v) is 4.73.